The molecule has 0 aliphatic carbocycles. The molecule has 0 atom stereocenters. The number of hydrogen-bond acceptors (Lipinski definition) is 5. The Morgan fingerprint density at radius 2 is 1.88 bits per heavy atom. The lowest BCUT2D eigenvalue weighted by Gasteiger charge is -2.12. The molecule has 3 aromatic rings. The van der Waals surface area contributed by atoms with E-state index in [2.05, 4.69) is 6.58 Å². The molecule has 120 valence electrons. The first-order valence-corrected chi connectivity index (χ1v) is 7.24. The molecule has 0 aliphatic rings. The standard InChI is InChI=1S/C19H14O5/c1-2-18(20)24-17-10-14-8-9-19(21)23-15(14)11-16(17)22-12-13-6-4-3-5-7-13/h2-11H,1,12H2. The number of hydrogen-bond donors (Lipinski definition) is 0. The average molecular weight is 322 g/mol. The highest BCUT2D eigenvalue weighted by Crippen LogP contribution is 2.33. The average Bonchev–Trinajstić information content (AvgIpc) is 2.60. The molecule has 3 rings (SSSR count). The maximum absolute atomic E-state index is 11.5. The van der Waals surface area contributed by atoms with Gasteiger partial charge in [-0.15, -0.1) is 0 Å². The quantitative estimate of drug-likeness (QED) is 0.311. The van der Waals surface area contributed by atoms with Gasteiger partial charge in [-0.3, -0.25) is 0 Å². The fourth-order valence-corrected chi connectivity index (χ4v) is 2.15. The first-order chi connectivity index (χ1) is 11.7. The van der Waals surface area contributed by atoms with Crippen LogP contribution in [0.3, 0.4) is 0 Å². The highest BCUT2D eigenvalue weighted by atomic mass is 16.6. The van der Waals surface area contributed by atoms with Crippen molar-refractivity contribution < 1.29 is 18.7 Å². The normalized spacial score (nSPS) is 10.3. The van der Waals surface area contributed by atoms with E-state index in [0.29, 0.717) is 16.7 Å². The van der Waals surface area contributed by atoms with E-state index in [1.54, 1.807) is 12.1 Å². The molecule has 0 spiro atoms. The lowest BCUT2D eigenvalue weighted by Crippen LogP contribution is -2.06. The Balaban J connectivity index is 1.98. The number of rotatable bonds is 5. The van der Waals surface area contributed by atoms with Gasteiger partial charge in [0.15, 0.2) is 11.5 Å². The molecule has 0 N–H and O–H groups in total. The Bertz CT molecular complexity index is 941. The van der Waals surface area contributed by atoms with Gasteiger partial charge in [0.05, 0.1) is 0 Å². The molecule has 0 fully saturated rings. The van der Waals surface area contributed by atoms with Gasteiger partial charge in [0, 0.05) is 23.6 Å². The summed E-state index contributed by atoms with van der Waals surface area (Å²) in [5, 5.41) is 0.619. The lowest BCUT2D eigenvalue weighted by atomic mass is 10.2. The molecule has 0 radical (unpaired) electrons. The summed E-state index contributed by atoms with van der Waals surface area (Å²) in [6.45, 7) is 3.66. The van der Waals surface area contributed by atoms with Crippen molar-refractivity contribution in [3.63, 3.8) is 0 Å². The molecule has 0 saturated carbocycles. The molecular formula is C19H14O5. The summed E-state index contributed by atoms with van der Waals surface area (Å²) < 4.78 is 16.1. The monoisotopic (exact) mass is 322 g/mol. The Kier molecular flexibility index (Phi) is 4.43. The van der Waals surface area contributed by atoms with Crippen LogP contribution in [0.2, 0.25) is 0 Å². The van der Waals surface area contributed by atoms with Gasteiger partial charge in [-0.2, -0.15) is 0 Å². The molecule has 1 heterocycles. The van der Waals surface area contributed by atoms with Crippen LogP contribution in [-0.4, -0.2) is 5.97 Å². The van der Waals surface area contributed by atoms with Gasteiger partial charge in [-0.25, -0.2) is 9.59 Å². The number of esters is 1. The molecule has 0 unspecified atom stereocenters. The molecule has 5 nitrogen and oxygen atoms in total. The van der Waals surface area contributed by atoms with Crippen LogP contribution in [0.15, 0.2) is 76.5 Å². The Morgan fingerprint density at radius 3 is 2.62 bits per heavy atom. The summed E-state index contributed by atoms with van der Waals surface area (Å²) >= 11 is 0. The summed E-state index contributed by atoms with van der Waals surface area (Å²) in [6.07, 6.45) is 1.07. The second kappa shape index (κ2) is 6.83. The summed E-state index contributed by atoms with van der Waals surface area (Å²) in [5.74, 6) is -0.0654. The van der Waals surface area contributed by atoms with E-state index in [4.69, 9.17) is 13.9 Å². The lowest BCUT2D eigenvalue weighted by molar-refractivity contribution is -0.129. The van der Waals surface area contributed by atoms with Crippen LogP contribution >= 0.6 is 0 Å². The molecule has 0 saturated heterocycles. The van der Waals surface area contributed by atoms with Gasteiger partial charge in [-0.05, 0) is 17.7 Å². The molecular weight excluding hydrogens is 308 g/mol. The molecule has 24 heavy (non-hydrogen) atoms. The fourth-order valence-electron chi connectivity index (χ4n) is 2.15. The third kappa shape index (κ3) is 3.52. The number of benzene rings is 2. The van der Waals surface area contributed by atoms with Crippen molar-refractivity contribution in [2.45, 2.75) is 6.61 Å². The van der Waals surface area contributed by atoms with E-state index in [1.807, 2.05) is 30.3 Å². The van der Waals surface area contributed by atoms with Gasteiger partial charge in [0.1, 0.15) is 12.2 Å². The predicted molar refractivity (Wildman–Crippen MR) is 89.1 cm³/mol. The molecule has 1 aromatic heterocycles. The fraction of sp³-hybridized carbons (Fsp3) is 0.0526. The van der Waals surface area contributed by atoms with E-state index in [0.717, 1.165) is 11.6 Å². The maximum atomic E-state index is 11.5. The molecule has 0 amide bonds. The molecule has 0 aliphatic heterocycles. The molecule has 5 heteroatoms. The van der Waals surface area contributed by atoms with E-state index in [9.17, 15) is 9.59 Å². The predicted octanol–water partition coefficient (Wildman–Crippen LogP) is 3.46. The Hall–Kier alpha value is -3.34. The zero-order valence-corrected chi connectivity index (χ0v) is 12.7. The van der Waals surface area contributed by atoms with Crippen molar-refractivity contribution in [3.05, 3.63) is 83.2 Å². The van der Waals surface area contributed by atoms with Crippen molar-refractivity contribution in [2.24, 2.45) is 0 Å². The van der Waals surface area contributed by atoms with E-state index < -0.39 is 11.6 Å². The van der Waals surface area contributed by atoms with Gasteiger partial charge < -0.3 is 13.9 Å². The first kappa shape index (κ1) is 15.6. The zero-order valence-electron chi connectivity index (χ0n) is 12.7. The second-order valence-corrected chi connectivity index (χ2v) is 4.99. The topological polar surface area (TPSA) is 65.7 Å². The van der Waals surface area contributed by atoms with Crippen LogP contribution in [-0.2, 0) is 11.4 Å². The smallest absolute Gasteiger partial charge is 0.336 e. The third-order valence-electron chi connectivity index (χ3n) is 3.30. The van der Waals surface area contributed by atoms with Crippen LogP contribution in [0.4, 0.5) is 0 Å². The number of ether oxygens (including phenoxy) is 2. The van der Waals surface area contributed by atoms with Crippen molar-refractivity contribution in [1.82, 2.24) is 0 Å². The van der Waals surface area contributed by atoms with E-state index >= 15 is 0 Å². The minimum Gasteiger partial charge on any atom is -0.485 e. The molecule has 2 aromatic carbocycles. The Morgan fingerprint density at radius 1 is 1.08 bits per heavy atom. The number of fused-ring (bicyclic) bond motifs is 1. The van der Waals surface area contributed by atoms with E-state index in [1.165, 1.54) is 12.1 Å². The van der Waals surface area contributed by atoms with Crippen molar-refractivity contribution in [1.29, 1.82) is 0 Å². The van der Waals surface area contributed by atoms with Gasteiger partial charge >= 0.3 is 11.6 Å². The third-order valence-corrected chi connectivity index (χ3v) is 3.30. The first-order valence-electron chi connectivity index (χ1n) is 7.24. The van der Waals surface area contributed by atoms with Gasteiger partial charge in [0.25, 0.3) is 0 Å². The summed E-state index contributed by atoms with van der Waals surface area (Å²) in [6, 6.07) is 15.5. The highest BCUT2D eigenvalue weighted by Gasteiger charge is 2.12. The maximum Gasteiger partial charge on any atom is 0.336 e. The number of carbonyl (C=O) groups is 1. The molecule has 0 bridgehead atoms. The van der Waals surface area contributed by atoms with Gasteiger partial charge in [-0.1, -0.05) is 36.9 Å². The van der Waals surface area contributed by atoms with Crippen LogP contribution in [0, 0.1) is 0 Å². The Labute approximate surface area is 137 Å². The summed E-state index contributed by atoms with van der Waals surface area (Å²) in [7, 11) is 0. The van der Waals surface area contributed by atoms with Crippen LogP contribution < -0.4 is 15.1 Å². The minimum absolute atomic E-state index is 0.234. The minimum atomic E-state index is -0.601. The van der Waals surface area contributed by atoms with Gasteiger partial charge in [0.2, 0.25) is 0 Å². The highest BCUT2D eigenvalue weighted by molar-refractivity contribution is 5.86. The summed E-state index contributed by atoms with van der Waals surface area (Å²) in [4.78, 5) is 22.9. The summed E-state index contributed by atoms with van der Waals surface area (Å²) in [5.41, 5.74) is 0.837. The van der Waals surface area contributed by atoms with Crippen LogP contribution in [0.1, 0.15) is 5.56 Å². The van der Waals surface area contributed by atoms with Crippen molar-refractivity contribution >= 4 is 16.9 Å². The second-order valence-electron chi connectivity index (χ2n) is 4.99. The van der Waals surface area contributed by atoms with Crippen LogP contribution in [0.5, 0.6) is 11.5 Å². The van der Waals surface area contributed by atoms with Crippen molar-refractivity contribution in [2.75, 3.05) is 0 Å². The largest absolute Gasteiger partial charge is 0.485 e. The van der Waals surface area contributed by atoms with Crippen LogP contribution in [0.25, 0.3) is 11.0 Å². The van der Waals surface area contributed by atoms with Crippen molar-refractivity contribution in [3.8, 4) is 11.5 Å². The zero-order chi connectivity index (χ0) is 16.9. The van der Waals surface area contributed by atoms with E-state index in [-0.39, 0.29) is 12.4 Å². The number of carbonyl (C=O) groups excluding carboxylic acids is 1. The SMILES string of the molecule is C=CC(=O)Oc1cc2ccc(=O)oc2cc1OCc1ccccc1.